The first kappa shape index (κ1) is 15.0. The van der Waals surface area contributed by atoms with Gasteiger partial charge < -0.3 is 9.64 Å². The van der Waals surface area contributed by atoms with Crippen molar-refractivity contribution in [1.29, 1.82) is 0 Å². The van der Waals surface area contributed by atoms with E-state index < -0.39 is 4.92 Å². The first-order chi connectivity index (χ1) is 11.0. The molecule has 1 aliphatic heterocycles. The Kier molecular flexibility index (Phi) is 3.92. The van der Waals surface area contributed by atoms with E-state index in [0.29, 0.717) is 24.5 Å². The number of nitro groups is 1. The van der Waals surface area contributed by atoms with E-state index in [-0.39, 0.29) is 17.7 Å². The summed E-state index contributed by atoms with van der Waals surface area (Å²) in [7, 11) is 0. The normalized spacial score (nSPS) is 14.2. The number of hydrogen-bond acceptors (Lipinski definition) is 5. The van der Waals surface area contributed by atoms with Crippen LogP contribution >= 0.6 is 0 Å². The van der Waals surface area contributed by atoms with E-state index in [1.165, 1.54) is 18.2 Å². The largest absolute Gasteiger partial charge is 0.471 e. The van der Waals surface area contributed by atoms with Crippen molar-refractivity contribution in [3.8, 4) is 5.88 Å². The summed E-state index contributed by atoms with van der Waals surface area (Å²) < 4.78 is 5.70. The quantitative estimate of drug-likeness (QED) is 0.638. The highest BCUT2D eigenvalue weighted by molar-refractivity contribution is 5.95. The van der Waals surface area contributed by atoms with Crippen LogP contribution in [0.25, 0.3) is 0 Å². The molecule has 7 nitrogen and oxygen atoms in total. The molecule has 1 fully saturated rings. The van der Waals surface area contributed by atoms with Gasteiger partial charge in [-0.25, -0.2) is 4.98 Å². The molecule has 1 amide bonds. The summed E-state index contributed by atoms with van der Waals surface area (Å²) in [5.74, 6) is 0.309. The number of aryl methyl sites for hydroxylation is 1. The molecule has 0 N–H and O–H groups in total. The molecule has 0 saturated carbocycles. The van der Waals surface area contributed by atoms with Crippen LogP contribution in [0, 0.1) is 17.0 Å². The molecule has 0 unspecified atom stereocenters. The second-order valence-electron chi connectivity index (χ2n) is 5.37. The molecule has 1 aromatic heterocycles. The van der Waals surface area contributed by atoms with Crippen LogP contribution in [-0.2, 0) is 0 Å². The molecule has 0 radical (unpaired) electrons. The SMILES string of the molecule is Cc1cccc(OC2CN(C(=O)c3cccc([N+](=O)[O-])c3)C2)n1. The molecule has 3 rings (SSSR count). The molecule has 7 heteroatoms. The number of ether oxygens (including phenoxy) is 1. The highest BCUT2D eigenvalue weighted by atomic mass is 16.6. The summed E-state index contributed by atoms with van der Waals surface area (Å²) in [6, 6.07) is 11.3. The molecule has 0 bridgehead atoms. The Labute approximate surface area is 132 Å². The van der Waals surface area contributed by atoms with E-state index in [2.05, 4.69) is 4.98 Å². The Balaban J connectivity index is 1.59. The van der Waals surface area contributed by atoms with Crippen molar-refractivity contribution in [1.82, 2.24) is 9.88 Å². The van der Waals surface area contributed by atoms with Crippen LogP contribution in [0.1, 0.15) is 16.1 Å². The summed E-state index contributed by atoms with van der Waals surface area (Å²) in [5.41, 5.74) is 1.09. The van der Waals surface area contributed by atoms with Crippen LogP contribution in [0.5, 0.6) is 5.88 Å². The molecule has 2 heterocycles. The maximum absolute atomic E-state index is 12.3. The van der Waals surface area contributed by atoms with Crippen LogP contribution in [0.2, 0.25) is 0 Å². The minimum Gasteiger partial charge on any atom is -0.471 e. The molecular weight excluding hydrogens is 298 g/mol. The first-order valence-corrected chi connectivity index (χ1v) is 7.17. The van der Waals surface area contributed by atoms with E-state index in [0.717, 1.165) is 5.69 Å². The van der Waals surface area contributed by atoms with Gasteiger partial charge in [0.25, 0.3) is 11.6 Å². The van der Waals surface area contributed by atoms with Crippen LogP contribution in [0.4, 0.5) is 5.69 Å². The lowest BCUT2D eigenvalue weighted by molar-refractivity contribution is -0.384. The molecule has 23 heavy (non-hydrogen) atoms. The summed E-state index contributed by atoms with van der Waals surface area (Å²) in [5, 5.41) is 10.8. The molecule has 1 aliphatic rings. The number of nitro benzene ring substituents is 1. The first-order valence-electron chi connectivity index (χ1n) is 7.17. The number of likely N-dealkylation sites (tertiary alicyclic amines) is 1. The summed E-state index contributed by atoms with van der Waals surface area (Å²) >= 11 is 0. The third kappa shape index (κ3) is 3.28. The van der Waals surface area contributed by atoms with E-state index in [1.807, 2.05) is 19.1 Å². The van der Waals surface area contributed by atoms with Crippen molar-refractivity contribution in [3.05, 3.63) is 63.8 Å². The number of amides is 1. The highest BCUT2D eigenvalue weighted by Gasteiger charge is 2.33. The minimum atomic E-state index is -0.512. The number of aromatic nitrogens is 1. The Morgan fingerprint density at radius 2 is 2.04 bits per heavy atom. The zero-order valence-electron chi connectivity index (χ0n) is 12.5. The number of rotatable bonds is 4. The van der Waals surface area contributed by atoms with Gasteiger partial charge in [-0.2, -0.15) is 0 Å². The zero-order chi connectivity index (χ0) is 16.4. The molecule has 1 saturated heterocycles. The molecule has 118 valence electrons. The minimum absolute atomic E-state index is 0.0897. The average Bonchev–Trinajstić information content (AvgIpc) is 2.50. The topological polar surface area (TPSA) is 85.6 Å². The van der Waals surface area contributed by atoms with Gasteiger partial charge in [0.05, 0.1) is 18.0 Å². The van der Waals surface area contributed by atoms with E-state index in [4.69, 9.17) is 4.74 Å². The number of benzene rings is 1. The van der Waals surface area contributed by atoms with Gasteiger partial charge in [-0.05, 0) is 19.1 Å². The number of pyridine rings is 1. The molecular formula is C16H15N3O4. The van der Waals surface area contributed by atoms with Crippen LogP contribution in [0.3, 0.4) is 0 Å². The fourth-order valence-corrected chi connectivity index (χ4v) is 2.37. The number of nitrogens with zero attached hydrogens (tertiary/aromatic N) is 3. The summed E-state index contributed by atoms with van der Waals surface area (Å²) in [4.78, 5) is 28.4. The lowest BCUT2D eigenvalue weighted by Gasteiger charge is -2.38. The number of non-ortho nitro benzene ring substituents is 1. The average molecular weight is 313 g/mol. The maximum Gasteiger partial charge on any atom is 0.270 e. The Bertz CT molecular complexity index is 756. The Hall–Kier alpha value is -2.96. The molecule has 2 aromatic rings. The lowest BCUT2D eigenvalue weighted by Crippen LogP contribution is -2.56. The molecule has 0 aliphatic carbocycles. The maximum atomic E-state index is 12.3. The fourth-order valence-electron chi connectivity index (χ4n) is 2.37. The smallest absolute Gasteiger partial charge is 0.270 e. The second kappa shape index (κ2) is 6.04. The van der Waals surface area contributed by atoms with E-state index in [1.54, 1.807) is 17.0 Å². The van der Waals surface area contributed by atoms with Gasteiger partial charge >= 0.3 is 0 Å². The van der Waals surface area contributed by atoms with Gasteiger partial charge in [0.1, 0.15) is 6.10 Å². The number of carbonyl (C=O) groups excluding carboxylic acids is 1. The third-order valence-corrected chi connectivity index (χ3v) is 3.59. The van der Waals surface area contributed by atoms with Crippen molar-refractivity contribution in [2.24, 2.45) is 0 Å². The Morgan fingerprint density at radius 3 is 2.74 bits per heavy atom. The summed E-state index contributed by atoms with van der Waals surface area (Å²) in [6.07, 6.45) is -0.105. The molecule has 0 atom stereocenters. The zero-order valence-corrected chi connectivity index (χ0v) is 12.5. The van der Waals surface area contributed by atoms with Gasteiger partial charge in [0.2, 0.25) is 5.88 Å². The van der Waals surface area contributed by atoms with Gasteiger partial charge in [-0.15, -0.1) is 0 Å². The monoisotopic (exact) mass is 313 g/mol. The fraction of sp³-hybridized carbons (Fsp3) is 0.250. The van der Waals surface area contributed by atoms with Crippen molar-refractivity contribution < 1.29 is 14.5 Å². The summed E-state index contributed by atoms with van der Waals surface area (Å²) in [6.45, 7) is 2.76. The van der Waals surface area contributed by atoms with E-state index >= 15 is 0 Å². The number of hydrogen-bond donors (Lipinski definition) is 0. The van der Waals surface area contributed by atoms with E-state index in [9.17, 15) is 14.9 Å². The van der Waals surface area contributed by atoms with Crippen LogP contribution in [-0.4, -0.2) is 39.9 Å². The lowest BCUT2D eigenvalue weighted by atomic mass is 10.1. The third-order valence-electron chi connectivity index (χ3n) is 3.59. The van der Waals surface area contributed by atoms with Gasteiger partial charge in [-0.3, -0.25) is 14.9 Å². The number of carbonyl (C=O) groups is 1. The molecule has 1 aromatic carbocycles. The van der Waals surface area contributed by atoms with Crippen molar-refractivity contribution >= 4 is 11.6 Å². The van der Waals surface area contributed by atoms with Crippen molar-refractivity contribution in [3.63, 3.8) is 0 Å². The van der Waals surface area contributed by atoms with Gasteiger partial charge in [-0.1, -0.05) is 12.1 Å². The van der Waals surface area contributed by atoms with Crippen LogP contribution < -0.4 is 4.74 Å². The molecule has 0 spiro atoms. The Morgan fingerprint density at radius 1 is 1.30 bits per heavy atom. The highest BCUT2D eigenvalue weighted by Crippen LogP contribution is 2.20. The van der Waals surface area contributed by atoms with Gasteiger partial charge in [0, 0.05) is 29.5 Å². The van der Waals surface area contributed by atoms with Crippen LogP contribution in [0.15, 0.2) is 42.5 Å². The van der Waals surface area contributed by atoms with Crippen molar-refractivity contribution in [2.45, 2.75) is 13.0 Å². The standard InChI is InChI=1S/C16H15N3O4/c1-11-4-2-7-15(17-11)23-14-9-18(10-14)16(20)12-5-3-6-13(8-12)19(21)22/h2-8,14H,9-10H2,1H3. The van der Waals surface area contributed by atoms with Gasteiger partial charge in [0.15, 0.2) is 0 Å². The second-order valence-corrected chi connectivity index (χ2v) is 5.37. The van der Waals surface area contributed by atoms with Crippen molar-refractivity contribution in [2.75, 3.05) is 13.1 Å². The predicted molar refractivity (Wildman–Crippen MR) is 82.4 cm³/mol. The predicted octanol–water partition coefficient (Wildman–Crippen LogP) is 2.20.